The summed E-state index contributed by atoms with van der Waals surface area (Å²) < 4.78 is 39.9. The summed E-state index contributed by atoms with van der Waals surface area (Å²) in [4.78, 5) is 14.6. The molecule has 0 unspecified atom stereocenters. The van der Waals surface area contributed by atoms with E-state index >= 15 is 0 Å². The van der Waals surface area contributed by atoms with Gasteiger partial charge in [0.05, 0.1) is 12.0 Å². The second kappa shape index (κ2) is 7.71. The summed E-state index contributed by atoms with van der Waals surface area (Å²) in [6.45, 7) is 0. The number of fused-ring (bicyclic) bond motifs is 1. The normalized spacial score (nSPS) is 11.7. The van der Waals surface area contributed by atoms with Crippen LogP contribution in [0.3, 0.4) is 0 Å². The molecule has 2 N–H and O–H groups in total. The first-order valence-electron chi connectivity index (χ1n) is 9.38. The molecule has 3 nitrogen and oxygen atoms in total. The lowest BCUT2D eigenvalue weighted by molar-refractivity contribution is -0.137. The van der Waals surface area contributed by atoms with Crippen LogP contribution in [0.1, 0.15) is 22.4 Å². The molecule has 0 fully saturated rings. The van der Waals surface area contributed by atoms with Gasteiger partial charge in [0.15, 0.2) is 0 Å². The summed E-state index contributed by atoms with van der Waals surface area (Å²) in [5, 5.41) is 10.1. The number of benzene rings is 3. The highest BCUT2D eigenvalue weighted by Crippen LogP contribution is 2.37. The summed E-state index contributed by atoms with van der Waals surface area (Å²) in [6, 6.07) is 19.9. The standard InChI is InChI=1S/C24H18F3NO2/c25-24(26,27)20-7-3-1-5-17(20)16-11-9-15(10-12-16)13-22-19(14-23(29)30)18-6-2-4-8-21(18)28-22/h1-12,28H,13-14H2,(H,29,30). The number of aliphatic carboxylic acids is 1. The van der Waals surface area contributed by atoms with Gasteiger partial charge in [-0.3, -0.25) is 4.79 Å². The van der Waals surface area contributed by atoms with E-state index in [4.69, 9.17) is 0 Å². The van der Waals surface area contributed by atoms with Gasteiger partial charge in [-0.05, 0) is 34.4 Å². The van der Waals surface area contributed by atoms with Gasteiger partial charge in [0, 0.05) is 23.0 Å². The van der Waals surface area contributed by atoms with E-state index in [0.29, 0.717) is 12.0 Å². The molecule has 1 aromatic heterocycles. The number of hydrogen-bond donors (Lipinski definition) is 2. The minimum Gasteiger partial charge on any atom is -0.481 e. The monoisotopic (exact) mass is 409 g/mol. The summed E-state index contributed by atoms with van der Waals surface area (Å²) in [7, 11) is 0. The third-order valence-corrected chi connectivity index (χ3v) is 5.11. The van der Waals surface area contributed by atoms with Crippen LogP contribution >= 0.6 is 0 Å². The second-order valence-electron chi connectivity index (χ2n) is 7.12. The van der Waals surface area contributed by atoms with Gasteiger partial charge in [-0.2, -0.15) is 13.2 Å². The van der Waals surface area contributed by atoms with Gasteiger partial charge in [0.1, 0.15) is 0 Å². The van der Waals surface area contributed by atoms with E-state index in [9.17, 15) is 23.1 Å². The van der Waals surface area contributed by atoms with E-state index < -0.39 is 17.7 Å². The van der Waals surface area contributed by atoms with Crippen molar-refractivity contribution < 1.29 is 23.1 Å². The molecule has 4 rings (SSSR count). The number of halogens is 3. The van der Waals surface area contributed by atoms with Gasteiger partial charge in [-0.25, -0.2) is 0 Å². The topological polar surface area (TPSA) is 53.1 Å². The number of alkyl halides is 3. The molecule has 0 aliphatic carbocycles. The minimum atomic E-state index is -4.43. The van der Waals surface area contributed by atoms with Crippen molar-refractivity contribution >= 4 is 16.9 Å². The van der Waals surface area contributed by atoms with Gasteiger partial charge in [-0.1, -0.05) is 60.7 Å². The van der Waals surface area contributed by atoms with Gasteiger partial charge >= 0.3 is 12.1 Å². The number of H-pyrrole nitrogens is 1. The molecular formula is C24H18F3NO2. The van der Waals surface area contributed by atoms with Crippen LogP contribution in [-0.2, 0) is 23.8 Å². The molecule has 0 aliphatic heterocycles. The van der Waals surface area contributed by atoms with Gasteiger partial charge in [-0.15, -0.1) is 0 Å². The van der Waals surface area contributed by atoms with Crippen LogP contribution in [0.15, 0.2) is 72.8 Å². The van der Waals surface area contributed by atoms with Crippen LogP contribution < -0.4 is 0 Å². The Morgan fingerprint density at radius 2 is 1.57 bits per heavy atom. The number of aromatic nitrogens is 1. The number of rotatable bonds is 5. The zero-order valence-electron chi connectivity index (χ0n) is 15.8. The lowest BCUT2D eigenvalue weighted by Crippen LogP contribution is -2.06. The maximum Gasteiger partial charge on any atom is 0.417 e. The first kappa shape index (κ1) is 19.8. The van der Waals surface area contributed by atoms with Crippen LogP contribution in [0.25, 0.3) is 22.0 Å². The van der Waals surface area contributed by atoms with E-state index in [0.717, 1.165) is 33.8 Å². The van der Waals surface area contributed by atoms with Crippen molar-refractivity contribution in [1.29, 1.82) is 0 Å². The predicted octanol–water partition coefficient (Wildman–Crippen LogP) is 6.07. The zero-order valence-corrected chi connectivity index (χ0v) is 15.8. The molecular weight excluding hydrogens is 391 g/mol. The van der Waals surface area contributed by atoms with Crippen LogP contribution in [0.4, 0.5) is 13.2 Å². The second-order valence-corrected chi connectivity index (χ2v) is 7.12. The number of carboxylic acids is 1. The molecule has 0 saturated carbocycles. The quantitative estimate of drug-likeness (QED) is 0.420. The maximum absolute atomic E-state index is 13.3. The average molecular weight is 409 g/mol. The predicted molar refractivity (Wildman–Crippen MR) is 109 cm³/mol. The summed E-state index contributed by atoms with van der Waals surface area (Å²) >= 11 is 0. The molecule has 0 atom stereocenters. The SMILES string of the molecule is O=C(O)Cc1c(Cc2ccc(-c3ccccc3C(F)(F)F)cc2)[nH]c2ccccc12. The fourth-order valence-electron chi connectivity index (χ4n) is 3.75. The number of carbonyl (C=O) groups is 1. The molecule has 4 aromatic rings. The molecule has 6 heteroatoms. The molecule has 0 saturated heterocycles. The van der Waals surface area contributed by atoms with Crippen LogP contribution in [-0.4, -0.2) is 16.1 Å². The maximum atomic E-state index is 13.3. The van der Waals surface area contributed by atoms with Crippen LogP contribution in [0.2, 0.25) is 0 Å². The Balaban J connectivity index is 1.67. The highest BCUT2D eigenvalue weighted by atomic mass is 19.4. The average Bonchev–Trinajstić information content (AvgIpc) is 3.04. The number of hydrogen-bond acceptors (Lipinski definition) is 1. The first-order chi connectivity index (χ1) is 14.3. The Morgan fingerprint density at radius 3 is 2.27 bits per heavy atom. The Bertz CT molecular complexity index is 1210. The van der Waals surface area contributed by atoms with Crippen molar-refractivity contribution in [3.63, 3.8) is 0 Å². The third kappa shape index (κ3) is 3.94. The zero-order chi connectivity index (χ0) is 21.3. The Labute approximate surface area is 170 Å². The highest BCUT2D eigenvalue weighted by Gasteiger charge is 2.33. The van der Waals surface area contributed by atoms with Gasteiger partial charge in [0.25, 0.3) is 0 Å². The lowest BCUT2D eigenvalue weighted by Gasteiger charge is -2.13. The number of nitrogens with one attached hydrogen (secondary N) is 1. The summed E-state index contributed by atoms with van der Waals surface area (Å²) in [5.41, 5.74) is 3.20. The van der Waals surface area contributed by atoms with Crippen molar-refractivity contribution in [2.75, 3.05) is 0 Å². The number of aromatic amines is 1. The van der Waals surface area contributed by atoms with E-state index in [1.807, 2.05) is 24.3 Å². The smallest absolute Gasteiger partial charge is 0.417 e. The number of carboxylic acid groups (broad SMARTS) is 1. The molecule has 0 aliphatic rings. The Kier molecular flexibility index (Phi) is 5.08. The Hall–Kier alpha value is -3.54. The first-order valence-corrected chi connectivity index (χ1v) is 9.38. The van der Waals surface area contributed by atoms with Crippen LogP contribution in [0.5, 0.6) is 0 Å². The molecule has 30 heavy (non-hydrogen) atoms. The van der Waals surface area contributed by atoms with E-state index in [1.54, 1.807) is 30.3 Å². The van der Waals surface area contributed by atoms with Crippen molar-refractivity contribution in [1.82, 2.24) is 4.98 Å². The molecule has 0 amide bonds. The minimum absolute atomic E-state index is 0.101. The third-order valence-electron chi connectivity index (χ3n) is 5.11. The van der Waals surface area contributed by atoms with Crippen molar-refractivity contribution in [2.45, 2.75) is 19.0 Å². The van der Waals surface area contributed by atoms with Gasteiger partial charge in [0.2, 0.25) is 0 Å². The molecule has 1 heterocycles. The molecule has 3 aromatic carbocycles. The van der Waals surface area contributed by atoms with E-state index in [2.05, 4.69) is 4.98 Å². The molecule has 0 radical (unpaired) electrons. The van der Waals surface area contributed by atoms with Crippen molar-refractivity contribution in [3.8, 4) is 11.1 Å². The molecule has 152 valence electrons. The highest BCUT2D eigenvalue weighted by molar-refractivity contribution is 5.88. The van der Waals surface area contributed by atoms with Crippen molar-refractivity contribution in [3.05, 3.63) is 95.2 Å². The summed E-state index contributed by atoms with van der Waals surface area (Å²) in [5.74, 6) is -0.917. The number of para-hydroxylation sites is 1. The van der Waals surface area contributed by atoms with E-state index in [1.165, 1.54) is 12.1 Å². The fourth-order valence-corrected chi connectivity index (χ4v) is 3.75. The van der Waals surface area contributed by atoms with Crippen molar-refractivity contribution in [2.24, 2.45) is 0 Å². The Morgan fingerprint density at radius 1 is 0.900 bits per heavy atom. The van der Waals surface area contributed by atoms with E-state index in [-0.39, 0.29) is 12.0 Å². The lowest BCUT2D eigenvalue weighted by atomic mass is 9.96. The van der Waals surface area contributed by atoms with Crippen LogP contribution in [0, 0.1) is 0 Å². The fraction of sp³-hybridized carbons (Fsp3) is 0.125. The van der Waals surface area contributed by atoms with Gasteiger partial charge < -0.3 is 10.1 Å². The molecule has 0 spiro atoms. The largest absolute Gasteiger partial charge is 0.481 e. The summed E-state index contributed by atoms with van der Waals surface area (Å²) in [6.07, 6.45) is -4.07. The molecule has 0 bridgehead atoms.